The normalized spacial score (nSPS) is 18.4. The number of hydrogen-bond donors (Lipinski definition) is 1. The number of likely N-dealkylation sites (tertiary alicyclic amines) is 1. The van der Waals surface area contributed by atoms with E-state index in [0.29, 0.717) is 43.8 Å². The number of aromatic nitrogens is 2. The predicted molar refractivity (Wildman–Crippen MR) is 181 cm³/mol. The summed E-state index contributed by atoms with van der Waals surface area (Å²) in [5, 5.41) is 7.65. The van der Waals surface area contributed by atoms with Crippen molar-refractivity contribution >= 4 is 34.8 Å². The van der Waals surface area contributed by atoms with E-state index < -0.39 is 5.41 Å². The highest BCUT2D eigenvalue weighted by atomic mass is 35.5. The number of ether oxygens (including phenoxy) is 1. The molecular formula is C36H39ClN6O3. The van der Waals surface area contributed by atoms with Gasteiger partial charge in [0, 0.05) is 97.7 Å². The number of carbonyl (C=O) groups excluding carboxylic acids is 2. The van der Waals surface area contributed by atoms with E-state index in [1.807, 2.05) is 64.5 Å². The number of amides is 2. The van der Waals surface area contributed by atoms with Crippen molar-refractivity contribution in [3.8, 4) is 16.9 Å². The van der Waals surface area contributed by atoms with Crippen molar-refractivity contribution in [1.29, 1.82) is 0 Å². The molecule has 0 bridgehead atoms. The molecule has 10 heteroatoms. The Bertz CT molecular complexity index is 1690. The maximum atomic E-state index is 13.8. The molecule has 1 spiro atoms. The Kier molecular flexibility index (Phi) is 8.44. The van der Waals surface area contributed by atoms with Crippen LogP contribution in [0.4, 0.5) is 11.4 Å². The van der Waals surface area contributed by atoms with Crippen molar-refractivity contribution in [3.05, 3.63) is 95.3 Å². The Labute approximate surface area is 274 Å². The fourth-order valence-corrected chi connectivity index (χ4v) is 7.42. The lowest BCUT2D eigenvalue weighted by Gasteiger charge is -2.38. The molecule has 2 amide bonds. The molecule has 238 valence electrons. The number of methoxy groups -OCH3 is 1. The molecule has 4 heterocycles. The van der Waals surface area contributed by atoms with Crippen molar-refractivity contribution in [1.82, 2.24) is 20.0 Å². The highest BCUT2D eigenvalue weighted by Crippen LogP contribution is 2.44. The van der Waals surface area contributed by atoms with E-state index in [4.69, 9.17) is 16.3 Å². The van der Waals surface area contributed by atoms with Crippen molar-refractivity contribution < 1.29 is 14.3 Å². The van der Waals surface area contributed by atoms with Gasteiger partial charge in [0.05, 0.1) is 18.7 Å². The summed E-state index contributed by atoms with van der Waals surface area (Å²) in [6.45, 7) is 6.55. The molecule has 9 nitrogen and oxygen atoms in total. The highest BCUT2D eigenvalue weighted by molar-refractivity contribution is 6.30. The minimum Gasteiger partial charge on any atom is -0.496 e. The van der Waals surface area contributed by atoms with E-state index in [1.54, 1.807) is 13.3 Å². The van der Waals surface area contributed by atoms with Gasteiger partial charge in [0.25, 0.3) is 5.91 Å². The molecule has 7 rings (SSSR count). The number of carbonyl (C=O) groups is 2. The van der Waals surface area contributed by atoms with Gasteiger partial charge in [-0.15, -0.1) is 0 Å². The minimum atomic E-state index is -0.425. The molecule has 0 atom stereocenters. The Morgan fingerprint density at radius 2 is 1.65 bits per heavy atom. The molecular weight excluding hydrogens is 600 g/mol. The number of H-pyrrole nitrogens is 1. The molecule has 46 heavy (non-hydrogen) atoms. The Balaban J connectivity index is 0.930. The number of piperidine rings is 1. The zero-order valence-electron chi connectivity index (χ0n) is 26.1. The number of aromatic amines is 1. The maximum Gasteiger partial charge on any atom is 0.253 e. The van der Waals surface area contributed by atoms with Crippen LogP contribution in [-0.4, -0.2) is 84.7 Å². The van der Waals surface area contributed by atoms with Gasteiger partial charge in [0.2, 0.25) is 5.91 Å². The highest BCUT2D eigenvalue weighted by Gasteiger charge is 2.49. The zero-order valence-corrected chi connectivity index (χ0v) is 26.9. The first-order chi connectivity index (χ1) is 22.4. The van der Waals surface area contributed by atoms with Crippen molar-refractivity contribution in [2.24, 2.45) is 5.41 Å². The second kappa shape index (κ2) is 12.8. The third kappa shape index (κ3) is 5.97. The quantitative estimate of drug-likeness (QED) is 0.279. The smallest absolute Gasteiger partial charge is 0.253 e. The summed E-state index contributed by atoms with van der Waals surface area (Å²) in [7, 11) is 1.64. The number of rotatable bonds is 7. The Morgan fingerprint density at radius 3 is 2.35 bits per heavy atom. The summed E-state index contributed by atoms with van der Waals surface area (Å²) in [6.07, 6.45) is 5.72. The van der Waals surface area contributed by atoms with Crippen LogP contribution in [0.25, 0.3) is 11.1 Å². The van der Waals surface area contributed by atoms with Crippen molar-refractivity contribution in [2.45, 2.75) is 25.8 Å². The number of nitrogens with zero attached hydrogens (tertiary/aromatic N) is 5. The average Bonchev–Trinajstić information content (AvgIpc) is 3.74. The summed E-state index contributed by atoms with van der Waals surface area (Å²) in [5.74, 6) is 0.888. The van der Waals surface area contributed by atoms with E-state index in [9.17, 15) is 9.59 Å². The van der Waals surface area contributed by atoms with Crippen LogP contribution < -0.4 is 14.5 Å². The second-order valence-corrected chi connectivity index (χ2v) is 13.0. The molecule has 0 aliphatic carbocycles. The lowest BCUT2D eigenvalue weighted by molar-refractivity contribution is -0.127. The monoisotopic (exact) mass is 638 g/mol. The first kappa shape index (κ1) is 30.3. The van der Waals surface area contributed by atoms with Crippen LogP contribution in [0.1, 0.15) is 35.2 Å². The summed E-state index contributed by atoms with van der Waals surface area (Å²) in [4.78, 5) is 35.9. The van der Waals surface area contributed by atoms with Gasteiger partial charge in [-0.25, -0.2) is 0 Å². The first-order valence-electron chi connectivity index (χ1n) is 16.0. The summed E-state index contributed by atoms with van der Waals surface area (Å²) >= 11 is 6.16. The van der Waals surface area contributed by atoms with E-state index in [-0.39, 0.29) is 11.8 Å². The van der Waals surface area contributed by atoms with Crippen LogP contribution in [0.2, 0.25) is 5.02 Å². The minimum absolute atomic E-state index is 0.0367. The number of halogens is 1. The number of benzene rings is 3. The summed E-state index contributed by atoms with van der Waals surface area (Å²) in [5.41, 5.74) is 5.35. The SMILES string of the molecule is COc1cc(N2CCC3(CCN(C(=O)c4ccc(N5CCN(Cc6cccc(Cl)c6)CC5)cc4)CC3)C2=O)ccc1-c1cn[nH]c1. The van der Waals surface area contributed by atoms with Gasteiger partial charge in [-0.05, 0) is 73.4 Å². The van der Waals surface area contributed by atoms with Gasteiger partial charge in [-0.1, -0.05) is 23.7 Å². The number of piperazine rings is 1. The fourth-order valence-electron chi connectivity index (χ4n) is 7.21. The van der Waals surface area contributed by atoms with Gasteiger partial charge in [0.1, 0.15) is 5.75 Å². The third-order valence-corrected chi connectivity index (χ3v) is 10.2. The van der Waals surface area contributed by atoms with Crippen LogP contribution in [0.3, 0.4) is 0 Å². The molecule has 3 aliphatic rings. The predicted octanol–water partition coefficient (Wildman–Crippen LogP) is 5.72. The molecule has 0 saturated carbocycles. The Hall–Kier alpha value is -4.34. The largest absolute Gasteiger partial charge is 0.496 e. The van der Waals surface area contributed by atoms with E-state index in [0.717, 1.165) is 66.7 Å². The van der Waals surface area contributed by atoms with Crippen LogP contribution >= 0.6 is 11.6 Å². The van der Waals surface area contributed by atoms with E-state index in [1.165, 1.54) is 5.56 Å². The topological polar surface area (TPSA) is 85.0 Å². The van der Waals surface area contributed by atoms with Crippen LogP contribution in [0, 0.1) is 5.41 Å². The summed E-state index contributed by atoms with van der Waals surface area (Å²) < 4.78 is 5.66. The summed E-state index contributed by atoms with van der Waals surface area (Å²) in [6, 6.07) is 22.0. The van der Waals surface area contributed by atoms with Gasteiger partial charge < -0.3 is 19.4 Å². The zero-order chi connectivity index (χ0) is 31.7. The molecule has 3 saturated heterocycles. The molecule has 1 aromatic heterocycles. The van der Waals surface area contributed by atoms with E-state index in [2.05, 4.69) is 38.2 Å². The van der Waals surface area contributed by atoms with Crippen LogP contribution in [-0.2, 0) is 11.3 Å². The van der Waals surface area contributed by atoms with Gasteiger partial charge in [0.15, 0.2) is 0 Å². The molecule has 0 radical (unpaired) electrons. The van der Waals surface area contributed by atoms with Gasteiger partial charge in [-0.2, -0.15) is 5.10 Å². The number of anilines is 2. The molecule has 1 N–H and O–H groups in total. The first-order valence-corrected chi connectivity index (χ1v) is 16.4. The van der Waals surface area contributed by atoms with Crippen molar-refractivity contribution in [3.63, 3.8) is 0 Å². The van der Waals surface area contributed by atoms with Crippen LogP contribution in [0.5, 0.6) is 5.75 Å². The molecule has 3 aromatic carbocycles. The lowest BCUT2D eigenvalue weighted by atomic mass is 9.77. The standard InChI is InChI=1S/C36H39ClN6O3/c1-46-33-22-31(9-10-32(33)28-23-38-39-24-28)43-16-13-36(35(43)45)11-14-42(15-12-36)34(44)27-5-7-30(8-6-27)41-19-17-40(18-20-41)25-26-3-2-4-29(37)21-26/h2-10,21-24H,11-20,25H2,1H3,(H,38,39). The molecule has 0 unspecified atom stereocenters. The lowest BCUT2D eigenvalue weighted by Crippen LogP contribution is -2.46. The molecule has 3 fully saturated rings. The average molecular weight is 639 g/mol. The fraction of sp³-hybridized carbons (Fsp3) is 0.361. The van der Waals surface area contributed by atoms with E-state index >= 15 is 0 Å². The van der Waals surface area contributed by atoms with Gasteiger partial charge in [-0.3, -0.25) is 19.6 Å². The number of hydrogen-bond acceptors (Lipinski definition) is 6. The van der Waals surface area contributed by atoms with Crippen molar-refractivity contribution in [2.75, 3.05) is 62.7 Å². The third-order valence-electron chi connectivity index (χ3n) is 9.97. The van der Waals surface area contributed by atoms with Crippen LogP contribution in [0.15, 0.2) is 79.1 Å². The number of nitrogens with one attached hydrogen (secondary N) is 1. The maximum absolute atomic E-state index is 13.8. The van der Waals surface area contributed by atoms with Gasteiger partial charge >= 0.3 is 0 Å². The molecule has 4 aromatic rings. The second-order valence-electron chi connectivity index (χ2n) is 12.6. The Morgan fingerprint density at radius 1 is 0.913 bits per heavy atom. The molecule has 3 aliphatic heterocycles.